The zero-order valence-electron chi connectivity index (χ0n) is 13.9. The first kappa shape index (κ1) is 17.2. The van der Waals surface area contributed by atoms with Gasteiger partial charge in [0.05, 0.1) is 16.7 Å². The normalized spacial score (nSPS) is 27.1. The number of nitrogens with one attached hydrogen (secondary N) is 1. The number of sulfonamides is 1. The fourth-order valence-electron chi connectivity index (χ4n) is 2.91. The molecule has 7 nitrogen and oxygen atoms in total. The lowest BCUT2D eigenvalue weighted by molar-refractivity contribution is -0.129. The van der Waals surface area contributed by atoms with E-state index in [0.717, 1.165) is 0 Å². The van der Waals surface area contributed by atoms with Crippen LogP contribution >= 0.6 is 0 Å². The van der Waals surface area contributed by atoms with Crippen molar-refractivity contribution in [2.24, 2.45) is 5.92 Å². The molecule has 2 heterocycles. The number of benzene rings is 1. The van der Waals surface area contributed by atoms with Crippen molar-refractivity contribution in [1.29, 1.82) is 0 Å². The van der Waals surface area contributed by atoms with Crippen LogP contribution in [-0.2, 0) is 14.8 Å². The molecular formula is C16H22N2O5S. The largest absolute Gasteiger partial charge is 0.476 e. The van der Waals surface area contributed by atoms with Gasteiger partial charge in [0, 0.05) is 13.1 Å². The molecule has 1 aromatic rings. The van der Waals surface area contributed by atoms with E-state index in [2.05, 4.69) is 5.32 Å². The molecule has 0 unspecified atom stereocenters. The molecule has 3 rings (SSSR count). The predicted molar refractivity (Wildman–Crippen MR) is 88.3 cm³/mol. The molecule has 24 heavy (non-hydrogen) atoms. The third kappa shape index (κ3) is 2.89. The molecule has 1 fully saturated rings. The Labute approximate surface area is 141 Å². The number of amides is 1. The van der Waals surface area contributed by atoms with E-state index in [4.69, 9.17) is 4.74 Å². The number of fused-ring (bicyclic) bond motifs is 1. The number of ether oxygens (including phenoxy) is 1. The minimum Gasteiger partial charge on any atom is -0.476 e. The monoisotopic (exact) mass is 354 g/mol. The van der Waals surface area contributed by atoms with Gasteiger partial charge in [-0.25, -0.2) is 8.42 Å². The average molecular weight is 354 g/mol. The van der Waals surface area contributed by atoms with Crippen LogP contribution in [0.5, 0.6) is 5.75 Å². The van der Waals surface area contributed by atoms with E-state index in [-0.39, 0.29) is 29.8 Å². The standard InChI is InChI=1S/C16H22N2O5S/c1-10-9-18(7-6-13(10)19)24(21,22)11-4-5-14-12(8-11)17-15(20)16(2,3)23-14/h4-5,8,10,13,19H,6-7,9H2,1-3H3,(H,17,20)/t10-,13+/m1/s1. The Kier molecular flexibility index (Phi) is 4.09. The highest BCUT2D eigenvalue weighted by Gasteiger charge is 2.37. The summed E-state index contributed by atoms with van der Waals surface area (Å²) in [5.74, 6) is 0.00948. The summed E-state index contributed by atoms with van der Waals surface area (Å²) in [4.78, 5) is 12.1. The number of piperidine rings is 1. The van der Waals surface area contributed by atoms with E-state index in [1.165, 1.54) is 16.4 Å². The van der Waals surface area contributed by atoms with E-state index >= 15 is 0 Å². The summed E-state index contributed by atoms with van der Waals surface area (Å²) < 4.78 is 32.6. The second kappa shape index (κ2) is 5.72. The molecule has 8 heteroatoms. The topological polar surface area (TPSA) is 95.9 Å². The molecule has 1 saturated heterocycles. The summed E-state index contributed by atoms with van der Waals surface area (Å²) in [5.41, 5.74) is -0.642. The molecule has 0 spiro atoms. The number of nitrogens with zero attached hydrogens (tertiary/aromatic N) is 1. The minimum atomic E-state index is -3.68. The molecule has 2 N–H and O–H groups in total. The summed E-state index contributed by atoms with van der Waals surface area (Å²) in [6.45, 7) is 5.68. The molecule has 2 aliphatic rings. The van der Waals surface area contributed by atoms with Crippen molar-refractivity contribution in [3.63, 3.8) is 0 Å². The van der Waals surface area contributed by atoms with Crippen molar-refractivity contribution in [3.8, 4) is 5.75 Å². The van der Waals surface area contributed by atoms with E-state index in [0.29, 0.717) is 17.9 Å². The summed E-state index contributed by atoms with van der Waals surface area (Å²) >= 11 is 0. The Balaban J connectivity index is 1.91. The van der Waals surface area contributed by atoms with Gasteiger partial charge in [-0.2, -0.15) is 4.31 Å². The van der Waals surface area contributed by atoms with Crippen LogP contribution in [0.1, 0.15) is 27.2 Å². The van der Waals surface area contributed by atoms with Gasteiger partial charge < -0.3 is 15.2 Å². The third-order valence-corrected chi connectivity index (χ3v) is 6.43. The van der Waals surface area contributed by atoms with Gasteiger partial charge >= 0.3 is 0 Å². The first-order valence-corrected chi connectivity index (χ1v) is 9.38. The summed E-state index contributed by atoms with van der Waals surface area (Å²) in [7, 11) is -3.68. The summed E-state index contributed by atoms with van der Waals surface area (Å²) in [6.07, 6.45) is -0.0609. The molecule has 2 aliphatic heterocycles. The zero-order chi connectivity index (χ0) is 17.7. The van der Waals surface area contributed by atoms with E-state index < -0.39 is 21.7 Å². The number of carbonyl (C=O) groups is 1. The highest BCUT2D eigenvalue weighted by molar-refractivity contribution is 7.89. The van der Waals surface area contributed by atoms with Gasteiger partial charge in [-0.3, -0.25) is 4.79 Å². The second-order valence-corrected chi connectivity index (χ2v) is 8.86. The van der Waals surface area contributed by atoms with Crippen molar-refractivity contribution in [1.82, 2.24) is 4.31 Å². The van der Waals surface area contributed by atoms with Gasteiger partial charge in [-0.15, -0.1) is 0 Å². The molecule has 1 aromatic carbocycles. The maximum atomic E-state index is 12.8. The Hall–Kier alpha value is -1.64. The van der Waals surface area contributed by atoms with Crippen LogP contribution in [0.2, 0.25) is 0 Å². The number of rotatable bonds is 2. The van der Waals surface area contributed by atoms with Crippen LogP contribution in [0, 0.1) is 5.92 Å². The number of hydrogen-bond donors (Lipinski definition) is 2. The quantitative estimate of drug-likeness (QED) is 0.832. The lowest BCUT2D eigenvalue weighted by Gasteiger charge is -2.34. The summed E-state index contributed by atoms with van der Waals surface area (Å²) in [5, 5.41) is 12.5. The van der Waals surface area contributed by atoms with Gasteiger partial charge in [-0.1, -0.05) is 6.92 Å². The fourth-order valence-corrected chi connectivity index (χ4v) is 4.49. The number of hydrogen-bond acceptors (Lipinski definition) is 5. The van der Waals surface area contributed by atoms with Gasteiger partial charge in [0.1, 0.15) is 5.75 Å². The zero-order valence-corrected chi connectivity index (χ0v) is 14.8. The molecule has 132 valence electrons. The van der Waals surface area contributed by atoms with Crippen LogP contribution < -0.4 is 10.1 Å². The second-order valence-electron chi connectivity index (χ2n) is 6.92. The fraction of sp³-hybridized carbons (Fsp3) is 0.562. The molecule has 2 atom stereocenters. The van der Waals surface area contributed by atoms with Gasteiger partial charge in [-0.05, 0) is 44.4 Å². The molecule has 1 amide bonds. The third-order valence-electron chi connectivity index (χ3n) is 4.57. The lowest BCUT2D eigenvalue weighted by Crippen LogP contribution is -2.46. The highest BCUT2D eigenvalue weighted by Crippen LogP contribution is 2.36. The minimum absolute atomic E-state index is 0.105. The molecule has 0 radical (unpaired) electrons. The number of aliphatic hydroxyl groups excluding tert-OH is 1. The Morgan fingerprint density at radius 1 is 1.38 bits per heavy atom. The predicted octanol–water partition coefficient (Wildman–Crippen LogP) is 1.19. The number of aliphatic hydroxyl groups is 1. The van der Waals surface area contributed by atoms with Crippen LogP contribution in [-0.4, -0.2) is 48.5 Å². The average Bonchev–Trinajstić information content (AvgIpc) is 2.50. The van der Waals surface area contributed by atoms with Crippen LogP contribution in [0.3, 0.4) is 0 Å². The van der Waals surface area contributed by atoms with E-state index in [1.807, 2.05) is 6.92 Å². The van der Waals surface area contributed by atoms with Crippen molar-refractivity contribution in [3.05, 3.63) is 18.2 Å². The van der Waals surface area contributed by atoms with Crippen molar-refractivity contribution >= 4 is 21.6 Å². The Morgan fingerprint density at radius 3 is 2.75 bits per heavy atom. The van der Waals surface area contributed by atoms with Crippen LogP contribution in [0.4, 0.5) is 5.69 Å². The lowest BCUT2D eigenvalue weighted by atomic mass is 9.99. The van der Waals surface area contributed by atoms with Crippen LogP contribution in [0.25, 0.3) is 0 Å². The van der Waals surface area contributed by atoms with Crippen molar-refractivity contribution in [2.45, 2.75) is 43.8 Å². The van der Waals surface area contributed by atoms with Crippen LogP contribution in [0.15, 0.2) is 23.1 Å². The molecule has 0 saturated carbocycles. The molecule has 0 aromatic heterocycles. The number of anilines is 1. The smallest absolute Gasteiger partial charge is 0.268 e. The van der Waals surface area contributed by atoms with Gasteiger partial charge in [0.2, 0.25) is 10.0 Å². The van der Waals surface area contributed by atoms with Gasteiger partial charge in [0.15, 0.2) is 5.60 Å². The Bertz CT molecular complexity index is 775. The summed E-state index contributed by atoms with van der Waals surface area (Å²) in [6, 6.07) is 4.47. The molecule has 0 bridgehead atoms. The van der Waals surface area contributed by atoms with E-state index in [1.54, 1.807) is 19.9 Å². The number of carbonyl (C=O) groups excluding carboxylic acids is 1. The van der Waals surface area contributed by atoms with Crippen molar-refractivity contribution in [2.75, 3.05) is 18.4 Å². The van der Waals surface area contributed by atoms with E-state index in [9.17, 15) is 18.3 Å². The maximum absolute atomic E-state index is 12.8. The Morgan fingerprint density at radius 2 is 2.08 bits per heavy atom. The first-order valence-electron chi connectivity index (χ1n) is 7.94. The highest BCUT2D eigenvalue weighted by atomic mass is 32.2. The molecular weight excluding hydrogens is 332 g/mol. The molecule has 0 aliphatic carbocycles. The first-order chi connectivity index (χ1) is 11.1. The maximum Gasteiger partial charge on any atom is 0.268 e. The SMILES string of the molecule is C[C@@H]1CN(S(=O)(=O)c2ccc3c(c2)NC(=O)C(C)(C)O3)CC[C@@H]1O. The van der Waals surface area contributed by atoms with Crippen molar-refractivity contribution < 1.29 is 23.1 Å². The van der Waals surface area contributed by atoms with Gasteiger partial charge in [0.25, 0.3) is 5.91 Å².